The standard InChI is InChI=1S/C14H14N4O2/c1-20-13-6-3-2-5-12(13)18-14(19)11(9-16)10-17-8-4-7-15/h2-3,5-6,10,17H,4,8H2,1H3,(H,18,19)/b11-10-. The zero-order chi connectivity index (χ0) is 14.8. The van der Waals surface area contributed by atoms with Crippen molar-refractivity contribution in [2.75, 3.05) is 19.0 Å². The average Bonchev–Trinajstić information content (AvgIpc) is 2.48. The zero-order valence-electron chi connectivity index (χ0n) is 11.0. The Morgan fingerprint density at radius 1 is 1.40 bits per heavy atom. The van der Waals surface area contributed by atoms with Gasteiger partial charge < -0.3 is 15.4 Å². The van der Waals surface area contributed by atoms with Crippen molar-refractivity contribution >= 4 is 11.6 Å². The zero-order valence-corrected chi connectivity index (χ0v) is 11.0. The number of hydrogen-bond donors (Lipinski definition) is 2. The molecule has 0 heterocycles. The lowest BCUT2D eigenvalue weighted by Crippen LogP contribution is -2.17. The molecule has 1 amide bonds. The van der Waals surface area contributed by atoms with Crippen molar-refractivity contribution in [3.8, 4) is 17.9 Å². The predicted octanol–water partition coefficient (Wildman–Crippen LogP) is 1.54. The number of carbonyl (C=O) groups is 1. The summed E-state index contributed by atoms with van der Waals surface area (Å²) in [4.78, 5) is 11.9. The number of rotatable bonds is 6. The number of ether oxygens (including phenoxy) is 1. The number of methoxy groups -OCH3 is 1. The first-order valence-electron chi connectivity index (χ1n) is 5.88. The number of benzene rings is 1. The molecule has 1 aromatic carbocycles. The maximum absolute atomic E-state index is 11.9. The number of nitrogens with zero attached hydrogens (tertiary/aromatic N) is 2. The molecule has 6 nitrogen and oxygen atoms in total. The molecule has 0 aromatic heterocycles. The summed E-state index contributed by atoms with van der Waals surface area (Å²) < 4.78 is 5.10. The van der Waals surface area contributed by atoms with Crippen LogP contribution in [-0.4, -0.2) is 19.6 Å². The van der Waals surface area contributed by atoms with Gasteiger partial charge >= 0.3 is 0 Å². The third-order valence-electron chi connectivity index (χ3n) is 2.35. The van der Waals surface area contributed by atoms with E-state index >= 15 is 0 Å². The average molecular weight is 270 g/mol. The van der Waals surface area contributed by atoms with Gasteiger partial charge in [0.1, 0.15) is 17.4 Å². The van der Waals surface area contributed by atoms with Gasteiger partial charge in [0.25, 0.3) is 5.91 Å². The second-order valence-electron chi connectivity index (χ2n) is 3.69. The molecule has 1 aromatic rings. The maximum Gasteiger partial charge on any atom is 0.267 e. The fourth-order valence-corrected chi connectivity index (χ4v) is 1.39. The molecular weight excluding hydrogens is 256 g/mol. The van der Waals surface area contributed by atoms with Crippen LogP contribution in [0.3, 0.4) is 0 Å². The van der Waals surface area contributed by atoms with E-state index in [2.05, 4.69) is 10.6 Å². The van der Waals surface area contributed by atoms with E-state index in [1.54, 1.807) is 30.3 Å². The van der Waals surface area contributed by atoms with Gasteiger partial charge in [-0.2, -0.15) is 10.5 Å². The van der Waals surface area contributed by atoms with Crippen molar-refractivity contribution in [3.05, 3.63) is 36.0 Å². The van der Waals surface area contributed by atoms with Gasteiger partial charge in [-0.3, -0.25) is 4.79 Å². The van der Waals surface area contributed by atoms with Gasteiger partial charge in [0.15, 0.2) is 0 Å². The van der Waals surface area contributed by atoms with Gasteiger partial charge in [0.2, 0.25) is 0 Å². The third-order valence-corrected chi connectivity index (χ3v) is 2.35. The van der Waals surface area contributed by atoms with Gasteiger partial charge in [0.05, 0.1) is 25.3 Å². The summed E-state index contributed by atoms with van der Waals surface area (Å²) in [6.07, 6.45) is 1.59. The highest BCUT2D eigenvalue weighted by Crippen LogP contribution is 2.23. The lowest BCUT2D eigenvalue weighted by molar-refractivity contribution is -0.112. The van der Waals surface area contributed by atoms with Gasteiger partial charge in [-0.15, -0.1) is 0 Å². The molecule has 0 bridgehead atoms. The smallest absolute Gasteiger partial charge is 0.267 e. The molecular formula is C14H14N4O2. The highest BCUT2D eigenvalue weighted by atomic mass is 16.5. The number of carbonyl (C=O) groups excluding carboxylic acids is 1. The SMILES string of the molecule is COc1ccccc1NC(=O)/C(C#N)=C\NCCC#N. The minimum atomic E-state index is -0.540. The Morgan fingerprint density at radius 3 is 2.80 bits per heavy atom. The Bertz CT molecular complexity index is 582. The first-order valence-corrected chi connectivity index (χ1v) is 5.88. The number of para-hydroxylation sites is 2. The molecule has 0 unspecified atom stereocenters. The van der Waals surface area contributed by atoms with Crippen LogP contribution in [-0.2, 0) is 4.79 Å². The topological polar surface area (TPSA) is 97.9 Å². The van der Waals surface area contributed by atoms with E-state index in [4.69, 9.17) is 15.3 Å². The van der Waals surface area contributed by atoms with Crippen molar-refractivity contribution < 1.29 is 9.53 Å². The number of amides is 1. The molecule has 1 rings (SSSR count). The molecule has 102 valence electrons. The van der Waals surface area contributed by atoms with E-state index in [1.165, 1.54) is 13.3 Å². The molecule has 0 saturated heterocycles. The normalized spacial score (nSPS) is 10.1. The molecule has 6 heteroatoms. The van der Waals surface area contributed by atoms with E-state index in [1.807, 2.05) is 6.07 Å². The van der Waals surface area contributed by atoms with Crippen LogP contribution in [0.4, 0.5) is 5.69 Å². The van der Waals surface area contributed by atoms with Crippen LogP contribution in [0.15, 0.2) is 36.0 Å². The molecule has 0 spiro atoms. The van der Waals surface area contributed by atoms with Crippen LogP contribution in [0, 0.1) is 22.7 Å². The second kappa shape index (κ2) is 8.17. The molecule has 0 aliphatic carbocycles. The highest BCUT2D eigenvalue weighted by Gasteiger charge is 2.11. The quantitative estimate of drug-likeness (QED) is 0.464. The third kappa shape index (κ3) is 4.35. The fourth-order valence-electron chi connectivity index (χ4n) is 1.39. The summed E-state index contributed by atoms with van der Waals surface area (Å²) in [6.45, 7) is 0.379. The van der Waals surface area contributed by atoms with Gasteiger partial charge in [-0.25, -0.2) is 0 Å². The number of hydrogen-bond acceptors (Lipinski definition) is 5. The summed E-state index contributed by atoms with van der Waals surface area (Å²) in [5.74, 6) is -0.0305. The molecule has 0 atom stereocenters. The minimum absolute atomic E-state index is 0.0751. The van der Waals surface area contributed by atoms with Crippen LogP contribution < -0.4 is 15.4 Å². The summed E-state index contributed by atoms with van der Waals surface area (Å²) in [5.41, 5.74) is 0.409. The van der Waals surface area contributed by atoms with Crippen molar-refractivity contribution in [3.63, 3.8) is 0 Å². The molecule has 0 aliphatic rings. The van der Waals surface area contributed by atoms with E-state index in [-0.39, 0.29) is 5.57 Å². The van der Waals surface area contributed by atoms with Crippen LogP contribution >= 0.6 is 0 Å². The Kier molecular flexibility index (Phi) is 6.16. The first kappa shape index (κ1) is 15.1. The van der Waals surface area contributed by atoms with Crippen molar-refractivity contribution in [2.24, 2.45) is 0 Å². The molecule has 20 heavy (non-hydrogen) atoms. The maximum atomic E-state index is 11.9. The number of anilines is 1. The van der Waals surface area contributed by atoms with Crippen LogP contribution in [0.1, 0.15) is 6.42 Å². The molecule has 2 N–H and O–H groups in total. The minimum Gasteiger partial charge on any atom is -0.495 e. The second-order valence-corrected chi connectivity index (χ2v) is 3.69. The fraction of sp³-hybridized carbons (Fsp3) is 0.214. The van der Waals surface area contributed by atoms with Crippen molar-refractivity contribution in [2.45, 2.75) is 6.42 Å². The largest absolute Gasteiger partial charge is 0.495 e. The van der Waals surface area contributed by atoms with Crippen LogP contribution in [0.2, 0.25) is 0 Å². The van der Waals surface area contributed by atoms with E-state index in [0.717, 1.165) is 0 Å². The van der Waals surface area contributed by atoms with Gasteiger partial charge in [-0.05, 0) is 12.1 Å². The molecule has 0 radical (unpaired) electrons. The molecule has 0 aliphatic heterocycles. The lowest BCUT2D eigenvalue weighted by Gasteiger charge is -2.09. The van der Waals surface area contributed by atoms with Crippen molar-refractivity contribution in [1.29, 1.82) is 10.5 Å². The summed E-state index contributed by atoms with van der Waals surface area (Å²) in [5, 5.41) is 22.7. The molecule has 0 fully saturated rings. The number of nitrogens with one attached hydrogen (secondary N) is 2. The van der Waals surface area contributed by atoms with E-state index < -0.39 is 5.91 Å². The summed E-state index contributed by atoms with van der Waals surface area (Å²) >= 11 is 0. The Hall–Kier alpha value is -2.99. The Balaban J connectivity index is 2.73. The van der Waals surface area contributed by atoms with E-state index in [9.17, 15) is 4.79 Å². The van der Waals surface area contributed by atoms with Gasteiger partial charge in [-0.1, -0.05) is 12.1 Å². The molecule has 0 saturated carbocycles. The number of nitriles is 2. The van der Waals surface area contributed by atoms with Gasteiger partial charge in [0, 0.05) is 12.7 Å². The summed E-state index contributed by atoms with van der Waals surface area (Å²) in [6, 6.07) is 10.7. The van der Waals surface area contributed by atoms with Crippen LogP contribution in [0.5, 0.6) is 5.75 Å². The predicted molar refractivity (Wildman–Crippen MR) is 73.6 cm³/mol. The van der Waals surface area contributed by atoms with Crippen molar-refractivity contribution in [1.82, 2.24) is 5.32 Å². The monoisotopic (exact) mass is 270 g/mol. The highest BCUT2D eigenvalue weighted by molar-refractivity contribution is 6.07. The first-order chi connectivity index (χ1) is 9.72. The van der Waals surface area contributed by atoms with Crippen LogP contribution in [0.25, 0.3) is 0 Å². The summed E-state index contributed by atoms with van der Waals surface area (Å²) in [7, 11) is 1.50. The van der Waals surface area contributed by atoms with E-state index in [0.29, 0.717) is 24.4 Å². The lowest BCUT2D eigenvalue weighted by atomic mass is 10.2. The Morgan fingerprint density at radius 2 is 2.15 bits per heavy atom. The Labute approximate surface area is 117 Å².